The highest BCUT2D eigenvalue weighted by atomic mass is 32.2. The molecule has 0 saturated carbocycles. The van der Waals surface area contributed by atoms with Crippen LogP contribution in [0.2, 0.25) is 0 Å². The second kappa shape index (κ2) is 6.83. The summed E-state index contributed by atoms with van der Waals surface area (Å²) < 4.78 is 0. The van der Waals surface area contributed by atoms with Crippen molar-refractivity contribution < 1.29 is 9.59 Å². The molecule has 2 rings (SSSR count). The molecule has 2 aliphatic rings. The highest BCUT2D eigenvalue weighted by molar-refractivity contribution is 7.99. The van der Waals surface area contributed by atoms with Crippen LogP contribution in [-0.4, -0.2) is 46.3 Å². The van der Waals surface area contributed by atoms with Crippen LogP contribution >= 0.6 is 11.8 Å². The zero-order chi connectivity index (χ0) is 14.7. The summed E-state index contributed by atoms with van der Waals surface area (Å²) in [6.07, 6.45) is 3.79. The van der Waals surface area contributed by atoms with Crippen molar-refractivity contribution in [3.05, 3.63) is 0 Å². The number of carbonyl (C=O) groups is 2. The van der Waals surface area contributed by atoms with Crippen molar-refractivity contribution in [2.45, 2.75) is 64.6 Å². The second-order valence-electron chi connectivity index (χ2n) is 5.91. The average Bonchev–Trinajstić information content (AvgIpc) is 2.48. The fourth-order valence-corrected chi connectivity index (χ4v) is 4.27. The Morgan fingerprint density at radius 2 is 2.15 bits per heavy atom. The Bertz CT molecular complexity index is 369. The zero-order valence-electron chi connectivity index (χ0n) is 12.7. The molecule has 1 N–H and O–H groups in total. The van der Waals surface area contributed by atoms with Crippen LogP contribution < -0.4 is 5.32 Å². The van der Waals surface area contributed by atoms with Gasteiger partial charge in [-0.15, -0.1) is 0 Å². The Morgan fingerprint density at radius 1 is 1.40 bits per heavy atom. The lowest BCUT2D eigenvalue weighted by Gasteiger charge is -2.45. The van der Waals surface area contributed by atoms with E-state index in [1.54, 1.807) is 0 Å². The van der Waals surface area contributed by atoms with Gasteiger partial charge in [0.15, 0.2) is 0 Å². The molecule has 2 amide bonds. The number of nitrogens with zero attached hydrogens (tertiary/aromatic N) is 1. The summed E-state index contributed by atoms with van der Waals surface area (Å²) in [4.78, 5) is 27.1. The molecule has 0 aromatic rings. The van der Waals surface area contributed by atoms with Gasteiger partial charge in [-0.2, -0.15) is 11.8 Å². The number of rotatable bonds is 4. The van der Waals surface area contributed by atoms with E-state index in [-0.39, 0.29) is 35.9 Å². The lowest BCUT2D eigenvalue weighted by molar-refractivity contribution is -0.153. The Labute approximate surface area is 126 Å². The number of nitrogens with one attached hydrogen (secondary N) is 1. The van der Waals surface area contributed by atoms with Crippen LogP contribution in [-0.2, 0) is 9.59 Å². The van der Waals surface area contributed by atoms with Crippen molar-refractivity contribution in [1.82, 2.24) is 10.2 Å². The summed E-state index contributed by atoms with van der Waals surface area (Å²) >= 11 is 1.90. The average molecular weight is 298 g/mol. The fraction of sp³-hybridized carbons (Fsp3) is 0.867. The largest absolute Gasteiger partial charge is 0.342 e. The molecule has 0 aliphatic carbocycles. The SMILES string of the molecule is CCC(C)C1NC(=O)C(CC)N(C2CCCSC2)C1=O. The Morgan fingerprint density at radius 3 is 2.70 bits per heavy atom. The molecule has 2 fully saturated rings. The summed E-state index contributed by atoms with van der Waals surface area (Å²) in [6.45, 7) is 6.10. The third-order valence-electron chi connectivity index (χ3n) is 4.59. The molecular weight excluding hydrogens is 272 g/mol. The van der Waals surface area contributed by atoms with Crippen molar-refractivity contribution in [2.24, 2.45) is 5.92 Å². The van der Waals surface area contributed by atoms with E-state index in [0.717, 1.165) is 25.0 Å². The first-order valence-corrected chi connectivity index (χ1v) is 8.95. The van der Waals surface area contributed by atoms with E-state index in [1.807, 2.05) is 30.5 Å². The molecular formula is C15H26N2O2S. The maximum atomic E-state index is 12.8. The van der Waals surface area contributed by atoms with Gasteiger partial charge in [0.1, 0.15) is 12.1 Å². The van der Waals surface area contributed by atoms with Gasteiger partial charge in [0.25, 0.3) is 0 Å². The number of carbonyl (C=O) groups excluding carboxylic acids is 2. The predicted octanol–water partition coefficient (Wildman–Crippen LogP) is 2.03. The molecule has 114 valence electrons. The summed E-state index contributed by atoms with van der Waals surface area (Å²) in [5.74, 6) is 2.52. The standard InChI is InChI=1S/C15H26N2O2S/c1-4-10(3)13-15(19)17(11-7-6-8-20-9-11)12(5-2)14(18)16-13/h10-13H,4-9H2,1-3H3,(H,16,18). The van der Waals surface area contributed by atoms with Gasteiger partial charge < -0.3 is 10.2 Å². The molecule has 4 unspecified atom stereocenters. The number of amides is 2. The Hall–Kier alpha value is -0.710. The van der Waals surface area contributed by atoms with Gasteiger partial charge in [0.2, 0.25) is 11.8 Å². The van der Waals surface area contributed by atoms with E-state index >= 15 is 0 Å². The predicted molar refractivity (Wildman–Crippen MR) is 82.7 cm³/mol. The number of piperazine rings is 1. The van der Waals surface area contributed by atoms with Crippen LogP contribution in [0, 0.1) is 5.92 Å². The van der Waals surface area contributed by atoms with Gasteiger partial charge in [-0.25, -0.2) is 0 Å². The van der Waals surface area contributed by atoms with Gasteiger partial charge in [0, 0.05) is 11.8 Å². The fourth-order valence-electron chi connectivity index (χ4n) is 3.13. The molecule has 5 heteroatoms. The van der Waals surface area contributed by atoms with E-state index < -0.39 is 0 Å². The molecule has 0 aromatic heterocycles. The molecule has 0 bridgehead atoms. The summed E-state index contributed by atoms with van der Waals surface area (Å²) in [6, 6.07) is -0.363. The van der Waals surface area contributed by atoms with Gasteiger partial charge in [-0.05, 0) is 30.9 Å². The van der Waals surface area contributed by atoms with Gasteiger partial charge >= 0.3 is 0 Å². The summed E-state index contributed by atoms with van der Waals surface area (Å²) in [5.41, 5.74) is 0. The first-order chi connectivity index (χ1) is 9.60. The molecule has 2 saturated heterocycles. The van der Waals surface area contributed by atoms with E-state index in [0.29, 0.717) is 6.42 Å². The van der Waals surface area contributed by atoms with E-state index in [9.17, 15) is 9.59 Å². The lowest BCUT2D eigenvalue weighted by atomic mass is 9.92. The lowest BCUT2D eigenvalue weighted by Crippen LogP contribution is -2.67. The van der Waals surface area contributed by atoms with Crippen molar-refractivity contribution >= 4 is 23.6 Å². The van der Waals surface area contributed by atoms with Gasteiger partial charge in [-0.3, -0.25) is 9.59 Å². The maximum Gasteiger partial charge on any atom is 0.246 e. The quantitative estimate of drug-likeness (QED) is 0.864. The van der Waals surface area contributed by atoms with Gasteiger partial charge in [0.05, 0.1) is 0 Å². The molecule has 20 heavy (non-hydrogen) atoms. The number of thioether (sulfide) groups is 1. The topological polar surface area (TPSA) is 49.4 Å². The maximum absolute atomic E-state index is 12.8. The van der Waals surface area contributed by atoms with Crippen LogP contribution in [0.4, 0.5) is 0 Å². The normalized spacial score (nSPS) is 33.0. The second-order valence-corrected chi connectivity index (χ2v) is 7.06. The Balaban J connectivity index is 2.22. The Kier molecular flexibility index (Phi) is 5.35. The summed E-state index contributed by atoms with van der Waals surface area (Å²) in [5, 5.41) is 2.95. The van der Waals surface area contributed by atoms with E-state index in [1.165, 1.54) is 5.75 Å². The van der Waals surface area contributed by atoms with E-state index in [2.05, 4.69) is 12.2 Å². The molecule has 4 nitrogen and oxygen atoms in total. The first kappa shape index (κ1) is 15.7. The molecule has 0 spiro atoms. The van der Waals surface area contributed by atoms with E-state index in [4.69, 9.17) is 0 Å². The molecule has 2 aliphatic heterocycles. The van der Waals surface area contributed by atoms with Gasteiger partial charge in [-0.1, -0.05) is 27.2 Å². The minimum absolute atomic E-state index is 0.0352. The third kappa shape index (κ3) is 2.97. The highest BCUT2D eigenvalue weighted by Gasteiger charge is 2.44. The molecule has 0 aromatic carbocycles. The van der Waals surface area contributed by atoms with Crippen LogP contribution in [0.3, 0.4) is 0 Å². The molecule has 2 heterocycles. The zero-order valence-corrected chi connectivity index (χ0v) is 13.5. The number of hydrogen-bond acceptors (Lipinski definition) is 3. The van der Waals surface area contributed by atoms with Crippen LogP contribution in [0.25, 0.3) is 0 Å². The smallest absolute Gasteiger partial charge is 0.246 e. The van der Waals surface area contributed by atoms with Crippen molar-refractivity contribution in [3.63, 3.8) is 0 Å². The first-order valence-electron chi connectivity index (χ1n) is 7.80. The van der Waals surface area contributed by atoms with Crippen LogP contribution in [0.5, 0.6) is 0 Å². The third-order valence-corrected chi connectivity index (χ3v) is 5.78. The monoisotopic (exact) mass is 298 g/mol. The molecule has 4 atom stereocenters. The summed E-state index contributed by atoms with van der Waals surface area (Å²) in [7, 11) is 0. The highest BCUT2D eigenvalue weighted by Crippen LogP contribution is 2.28. The minimum Gasteiger partial charge on any atom is -0.342 e. The van der Waals surface area contributed by atoms with Crippen LogP contribution in [0.1, 0.15) is 46.5 Å². The molecule has 0 radical (unpaired) electrons. The van der Waals surface area contributed by atoms with Crippen molar-refractivity contribution in [1.29, 1.82) is 0 Å². The number of hydrogen-bond donors (Lipinski definition) is 1. The van der Waals surface area contributed by atoms with Crippen molar-refractivity contribution in [2.75, 3.05) is 11.5 Å². The van der Waals surface area contributed by atoms with Crippen molar-refractivity contribution in [3.8, 4) is 0 Å². The minimum atomic E-state index is -0.331. The van der Waals surface area contributed by atoms with Crippen LogP contribution in [0.15, 0.2) is 0 Å².